The van der Waals surface area contributed by atoms with Crippen molar-refractivity contribution in [2.75, 3.05) is 7.11 Å². The van der Waals surface area contributed by atoms with Crippen molar-refractivity contribution in [3.8, 4) is 0 Å². The summed E-state index contributed by atoms with van der Waals surface area (Å²) in [7, 11) is 1.36. The number of carbonyl (C=O) groups is 1. The first-order valence-corrected chi connectivity index (χ1v) is 5.67. The molecule has 84 valence electrons. The number of rotatable bonds is 2. The summed E-state index contributed by atoms with van der Waals surface area (Å²) in [5, 5.41) is 0.305. The second kappa shape index (κ2) is 4.43. The Morgan fingerprint density at radius 2 is 2.38 bits per heavy atom. The van der Waals surface area contributed by atoms with Crippen molar-refractivity contribution in [1.82, 2.24) is 9.97 Å². The van der Waals surface area contributed by atoms with E-state index in [1.165, 1.54) is 7.11 Å². The summed E-state index contributed by atoms with van der Waals surface area (Å²) < 4.78 is 5.48. The molecule has 0 saturated heterocycles. The zero-order chi connectivity index (χ0) is 11.7. The molecule has 0 saturated carbocycles. The number of hydrogen-bond donors (Lipinski definition) is 1. The topological polar surface area (TPSA) is 55.0 Å². The van der Waals surface area contributed by atoms with E-state index in [4.69, 9.17) is 11.6 Å². The molecular formula is C10H8BrClN2O2. The smallest absolute Gasteiger partial charge is 0.310 e. The van der Waals surface area contributed by atoms with Crippen LogP contribution in [-0.2, 0) is 16.0 Å². The number of H-pyrrole nitrogens is 1. The lowest BCUT2D eigenvalue weighted by Crippen LogP contribution is -2.05. The zero-order valence-corrected chi connectivity index (χ0v) is 10.7. The second-order valence-corrected chi connectivity index (χ2v) is 4.52. The van der Waals surface area contributed by atoms with Crippen LogP contribution in [0.25, 0.3) is 11.0 Å². The van der Waals surface area contributed by atoms with Crippen molar-refractivity contribution in [1.29, 1.82) is 0 Å². The molecule has 0 fully saturated rings. The Labute approximate surface area is 105 Å². The Bertz CT molecular complexity index is 553. The Kier molecular flexibility index (Phi) is 3.16. The third kappa shape index (κ3) is 2.20. The van der Waals surface area contributed by atoms with E-state index in [0.29, 0.717) is 10.8 Å². The summed E-state index contributed by atoms with van der Waals surface area (Å²) in [4.78, 5) is 18.3. The maximum atomic E-state index is 11.2. The summed E-state index contributed by atoms with van der Waals surface area (Å²) in [6.45, 7) is 0. The van der Waals surface area contributed by atoms with Gasteiger partial charge in [0.1, 0.15) is 0 Å². The SMILES string of the molecule is COC(=O)Cc1cc(Br)cc2[nH]c(Cl)nc12. The number of aromatic nitrogens is 2. The normalized spacial score (nSPS) is 10.7. The predicted octanol–water partition coefficient (Wildman–Crippen LogP) is 2.69. The van der Waals surface area contributed by atoms with Crippen molar-refractivity contribution in [2.45, 2.75) is 6.42 Å². The highest BCUT2D eigenvalue weighted by atomic mass is 79.9. The van der Waals surface area contributed by atoms with Gasteiger partial charge in [0.25, 0.3) is 0 Å². The lowest BCUT2D eigenvalue weighted by Gasteiger charge is -2.02. The Morgan fingerprint density at radius 1 is 1.62 bits per heavy atom. The molecule has 0 atom stereocenters. The lowest BCUT2D eigenvalue weighted by molar-refractivity contribution is -0.139. The predicted molar refractivity (Wildman–Crippen MR) is 64.5 cm³/mol. The Balaban J connectivity index is 2.53. The molecule has 0 aliphatic rings. The average Bonchev–Trinajstić information content (AvgIpc) is 2.58. The zero-order valence-electron chi connectivity index (χ0n) is 8.38. The lowest BCUT2D eigenvalue weighted by atomic mass is 10.1. The third-order valence-electron chi connectivity index (χ3n) is 2.16. The average molecular weight is 304 g/mol. The van der Waals surface area contributed by atoms with Crippen LogP contribution in [0.5, 0.6) is 0 Å². The quantitative estimate of drug-likeness (QED) is 0.868. The van der Waals surface area contributed by atoms with Crippen molar-refractivity contribution in [3.63, 3.8) is 0 Å². The standard InChI is InChI=1S/C10H8BrClN2O2/c1-16-8(15)3-5-2-6(11)4-7-9(5)14-10(12)13-7/h2,4H,3H2,1H3,(H,13,14). The highest BCUT2D eigenvalue weighted by Crippen LogP contribution is 2.24. The van der Waals surface area contributed by atoms with Crippen LogP contribution in [0.1, 0.15) is 5.56 Å². The molecule has 0 radical (unpaired) electrons. The molecule has 0 amide bonds. The number of esters is 1. The first kappa shape index (κ1) is 11.4. The number of imidazole rings is 1. The molecule has 1 aromatic heterocycles. The van der Waals surface area contributed by atoms with Gasteiger partial charge in [-0.25, -0.2) is 4.98 Å². The van der Waals surface area contributed by atoms with E-state index in [1.807, 2.05) is 12.1 Å². The van der Waals surface area contributed by atoms with Gasteiger partial charge in [-0.05, 0) is 29.3 Å². The van der Waals surface area contributed by atoms with Crippen molar-refractivity contribution >= 4 is 44.5 Å². The molecule has 4 nitrogen and oxygen atoms in total. The van der Waals surface area contributed by atoms with Crippen LogP contribution in [0.2, 0.25) is 5.28 Å². The molecule has 1 heterocycles. The maximum Gasteiger partial charge on any atom is 0.310 e. The van der Waals surface area contributed by atoms with Gasteiger partial charge in [-0.1, -0.05) is 15.9 Å². The third-order valence-corrected chi connectivity index (χ3v) is 2.80. The number of carbonyl (C=O) groups excluding carboxylic acids is 1. The van der Waals surface area contributed by atoms with Gasteiger partial charge in [0.05, 0.1) is 24.6 Å². The molecule has 0 unspecified atom stereocenters. The Hall–Kier alpha value is -1.07. The molecule has 1 aromatic carbocycles. The molecule has 0 aliphatic carbocycles. The van der Waals surface area contributed by atoms with Crippen molar-refractivity contribution in [3.05, 3.63) is 27.5 Å². The molecule has 6 heteroatoms. The number of aromatic amines is 1. The minimum Gasteiger partial charge on any atom is -0.469 e. The van der Waals surface area contributed by atoms with Crippen molar-refractivity contribution in [2.24, 2.45) is 0 Å². The minimum absolute atomic E-state index is 0.174. The first-order chi connectivity index (χ1) is 7.60. The highest BCUT2D eigenvalue weighted by Gasteiger charge is 2.11. The maximum absolute atomic E-state index is 11.2. The molecule has 0 spiro atoms. The molecule has 1 N–H and O–H groups in total. The highest BCUT2D eigenvalue weighted by molar-refractivity contribution is 9.10. The summed E-state index contributed by atoms with van der Waals surface area (Å²) in [6, 6.07) is 3.69. The minimum atomic E-state index is -0.307. The summed E-state index contributed by atoms with van der Waals surface area (Å²) >= 11 is 9.14. The van der Waals surface area contributed by atoms with E-state index in [2.05, 4.69) is 30.6 Å². The molecule has 2 aromatic rings. The second-order valence-electron chi connectivity index (χ2n) is 3.24. The number of nitrogens with one attached hydrogen (secondary N) is 1. The molecule has 16 heavy (non-hydrogen) atoms. The number of nitrogens with zero attached hydrogens (tertiary/aromatic N) is 1. The van der Waals surface area contributed by atoms with E-state index in [1.54, 1.807) is 0 Å². The van der Waals surface area contributed by atoms with Crippen LogP contribution >= 0.6 is 27.5 Å². The largest absolute Gasteiger partial charge is 0.469 e. The van der Waals surface area contributed by atoms with Crippen LogP contribution < -0.4 is 0 Å². The van der Waals surface area contributed by atoms with Crippen LogP contribution in [0.3, 0.4) is 0 Å². The van der Waals surface area contributed by atoms with Crippen LogP contribution in [-0.4, -0.2) is 23.0 Å². The molecule has 0 aliphatic heterocycles. The number of fused-ring (bicyclic) bond motifs is 1. The monoisotopic (exact) mass is 302 g/mol. The van der Waals surface area contributed by atoms with Gasteiger partial charge in [-0.3, -0.25) is 4.79 Å². The number of benzene rings is 1. The summed E-state index contributed by atoms with van der Waals surface area (Å²) in [6.07, 6.45) is 0.174. The van der Waals surface area contributed by atoms with Gasteiger partial charge in [0, 0.05) is 4.47 Å². The fourth-order valence-corrected chi connectivity index (χ4v) is 2.17. The van der Waals surface area contributed by atoms with Gasteiger partial charge in [-0.15, -0.1) is 0 Å². The van der Waals surface area contributed by atoms with Gasteiger partial charge in [0.2, 0.25) is 5.28 Å². The summed E-state index contributed by atoms with van der Waals surface area (Å²) in [5.41, 5.74) is 2.26. The number of hydrogen-bond acceptors (Lipinski definition) is 3. The van der Waals surface area contributed by atoms with Gasteiger partial charge >= 0.3 is 5.97 Å². The number of halogens is 2. The molecule has 2 rings (SSSR count). The van der Waals surface area contributed by atoms with Crippen molar-refractivity contribution < 1.29 is 9.53 Å². The van der Waals surface area contributed by atoms with Gasteiger partial charge in [0.15, 0.2) is 0 Å². The number of ether oxygens (including phenoxy) is 1. The number of methoxy groups -OCH3 is 1. The fourth-order valence-electron chi connectivity index (χ4n) is 1.48. The summed E-state index contributed by atoms with van der Waals surface area (Å²) in [5.74, 6) is -0.307. The first-order valence-electron chi connectivity index (χ1n) is 4.50. The van der Waals surface area contributed by atoms with Crippen LogP contribution in [0.4, 0.5) is 0 Å². The Morgan fingerprint density at radius 3 is 3.06 bits per heavy atom. The van der Waals surface area contributed by atoms with Gasteiger partial charge in [-0.2, -0.15) is 0 Å². The van der Waals surface area contributed by atoms with Crippen LogP contribution in [0, 0.1) is 0 Å². The van der Waals surface area contributed by atoms with E-state index >= 15 is 0 Å². The van der Waals surface area contributed by atoms with E-state index in [9.17, 15) is 4.79 Å². The molecule has 0 bridgehead atoms. The molecular weight excluding hydrogens is 295 g/mol. The fraction of sp³-hybridized carbons (Fsp3) is 0.200. The van der Waals surface area contributed by atoms with Crippen LogP contribution in [0.15, 0.2) is 16.6 Å². The van der Waals surface area contributed by atoms with E-state index in [0.717, 1.165) is 15.6 Å². The van der Waals surface area contributed by atoms with Gasteiger partial charge < -0.3 is 9.72 Å². The van der Waals surface area contributed by atoms with E-state index in [-0.39, 0.29) is 12.4 Å². The van der Waals surface area contributed by atoms with E-state index < -0.39 is 0 Å².